The van der Waals surface area contributed by atoms with Crippen LogP contribution in [0.5, 0.6) is 0 Å². The van der Waals surface area contributed by atoms with Gasteiger partial charge in [-0.25, -0.2) is 0 Å². The number of allylic oxidation sites excluding steroid dienone is 2. The summed E-state index contributed by atoms with van der Waals surface area (Å²) in [5.74, 6) is 8.83. The first-order valence-electron chi connectivity index (χ1n) is 8.55. The van der Waals surface area contributed by atoms with Crippen LogP contribution in [0.15, 0.2) is 69.7 Å². The van der Waals surface area contributed by atoms with E-state index in [1.54, 1.807) is 48.2 Å². The summed E-state index contributed by atoms with van der Waals surface area (Å²) in [6.07, 6.45) is -4.47. The van der Waals surface area contributed by atoms with Crippen LogP contribution < -0.4 is 11.7 Å². The molecule has 0 fully saturated rings. The summed E-state index contributed by atoms with van der Waals surface area (Å²) in [5, 5.41) is 0.514. The fraction of sp³-hybridized carbons (Fsp3) is 0.250. The van der Waals surface area contributed by atoms with Gasteiger partial charge in [-0.15, -0.1) is 11.8 Å². The maximum absolute atomic E-state index is 13.6. The standard InChI is InChI=1S/C20H17ClF3NS.H4N2/c1-2-26-19-9-8-15(21)10-14(19)11-18-16(20(22,23)24)12-17(25-18)13-6-4-3-5-7-13;1-2/h3-10H,2,11-12H2,1H3;1-2H2. The van der Waals surface area contributed by atoms with Gasteiger partial charge in [0.1, 0.15) is 0 Å². The van der Waals surface area contributed by atoms with Crippen molar-refractivity contribution in [2.75, 3.05) is 5.75 Å². The predicted octanol–water partition coefficient (Wildman–Crippen LogP) is 5.52. The van der Waals surface area contributed by atoms with Gasteiger partial charge in [-0.2, -0.15) is 13.2 Å². The largest absolute Gasteiger partial charge is 0.414 e. The quantitative estimate of drug-likeness (QED) is 0.375. The molecule has 1 heterocycles. The first-order chi connectivity index (χ1) is 13.4. The predicted molar refractivity (Wildman–Crippen MR) is 111 cm³/mol. The number of hydrogen-bond acceptors (Lipinski definition) is 4. The van der Waals surface area contributed by atoms with Crippen molar-refractivity contribution < 1.29 is 13.2 Å². The van der Waals surface area contributed by atoms with Gasteiger partial charge in [0.15, 0.2) is 0 Å². The highest BCUT2D eigenvalue weighted by molar-refractivity contribution is 7.99. The van der Waals surface area contributed by atoms with Crippen LogP contribution in [0.25, 0.3) is 0 Å². The monoisotopic (exact) mass is 427 g/mol. The molecule has 0 bridgehead atoms. The molecule has 1 aliphatic heterocycles. The second kappa shape index (κ2) is 10.1. The van der Waals surface area contributed by atoms with Crippen LogP contribution in [-0.4, -0.2) is 17.6 Å². The minimum Gasteiger partial charge on any atom is -0.274 e. The van der Waals surface area contributed by atoms with Gasteiger partial charge in [0.25, 0.3) is 0 Å². The highest BCUT2D eigenvalue weighted by Gasteiger charge is 2.39. The molecule has 8 heteroatoms. The molecule has 2 aromatic rings. The molecule has 0 radical (unpaired) electrons. The van der Waals surface area contributed by atoms with Gasteiger partial charge in [-0.1, -0.05) is 48.9 Å². The highest BCUT2D eigenvalue weighted by Crippen LogP contribution is 2.39. The van der Waals surface area contributed by atoms with E-state index in [-0.39, 0.29) is 18.5 Å². The topological polar surface area (TPSA) is 64.4 Å². The average Bonchev–Trinajstić information content (AvgIpc) is 3.11. The van der Waals surface area contributed by atoms with Crippen molar-refractivity contribution in [3.8, 4) is 0 Å². The highest BCUT2D eigenvalue weighted by atomic mass is 35.5. The second-order valence-electron chi connectivity index (χ2n) is 5.89. The lowest BCUT2D eigenvalue weighted by atomic mass is 10.0. The molecule has 0 spiro atoms. The molecule has 0 unspecified atom stereocenters. The molecule has 2 aromatic carbocycles. The zero-order chi connectivity index (χ0) is 20.7. The minimum atomic E-state index is -4.40. The molecule has 0 aliphatic carbocycles. The molecule has 0 aromatic heterocycles. The number of rotatable bonds is 5. The summed E-state index contributed by atoms with van der Waals surface area (Å²) in [6.45, 7) is 2.00. The maximum atomic E-state index is 13.6. The van der Waals surface area contributed by atoms with E-state index in [1.165, 1.54) is 0 Å². The lowest BCUT2D eigenvalue weighted by molar-refractivity contribution is -0.0930. The Morgan fingerprint density at radius 1 is 1.11 bits per heavy atom. The Labute approximate surface area is 171 Å². The SMILES string of the molecule is CCSc1ccc(Cl)cc1CC1=C(C(F)(F)F)CC(c2ccccc2)=N1.NN. The van der Waals surface area contributed by atoms with Crippen LogP contribution in [0.1, 0.15) is 24.5 Å². The van der Waals surface area contributed by atoms with E-state index in [0.29, 0.717) is 10.7 Å². The van der Waals surface area contributed by atoms with E-state index >= 15 is 0 Å². The molecular weight excluding hydrogens is 407 g/mol. The Kier molecular flexibility index (Phi) is 8.12. The van der Waals surface area contributed by atoms with Crippen LogP contribution in [-0.2, 0) is 6.42 Å². The Morgan fingerprint density at radius 2 is 1.79 bits per heavy atom. The summed E-state index contributed by atoms with van der Waals surface area (Å²) in [7, 11) is 0. The van der Waals surface area contributed by atoms with Crippen LogP contribution >= 0.6 is 23.4 Å². The van der Waals surface area contributed by atoms with Crippen molar-refractivity contribution in [3.63, 3.8) is 0 Å². The second-order valence-corrected chi connectivity index (χ2v) is 7.63. The summed E-state index contributed by atoms with van der Waals surface area (Å²) < 4.78 is 40.7. The zero-order valence-electron chi connectivity index (χ0n) is 15.3. The number of alkyl halides is 3. The Hall–Kier alpha value is -1.80. The summed E-state index contributed by atoms with van der Waals surface area (Å²) >= 11 is 7.66. The number of benzene rings is 2. The molecule has 0 atom stereocenters. The normalized spacial score (nSPS) is 13.9. The van der Waals surface area contributed by atoms with E-state index in [4.69, 9.17) is 11.6 Å². The smallest absolute Gasteiger partial charge is 0.274 e. The van der Waals surface area contributed by atoms with Crippen molar-refractivity contribution in [3.05, 3.63) is 76.0 Å². The molecule has 28 heavy (non-hydrogen) atoms. The summed E-state index contributed by atoms with van der Waals surface area (Å²) in [6, 6.07) is 14.4. The number of nitrogens with two attached hydrogens (primary N) is 2. The third kappa shape index (κ3) is 5.61. The Morgan fingerprint density at radius 3 is 2.39 bits per heavy atom. The molecule has 0 amide bonds. The average molecular weight is 428 g/mol. The molecule has 3 rings (SSSR count). The Balaban J connectivity index is 0.00000136. The summed E-state index contributed by atoms with van der Waals surface area (Å²) in [4.78, 5) is 5.30. The lowest BCUT2D eigenvalue weighted by Gasteiger charge is -2.12. The fourth-order valence-electron chi connectivity index (χ4n) is 2.91. The van der Waals surface area contributed by atoms with Crippen LogP contribution in [0, 0.1) is 0 Å². The molecule has 1 aliphatic rings. The number of hydrazine groups is 1. The van der Waals surface area contributed by atoms with Crippen LogP contribution in [0.3, 0.4) is 0 Å². The number of aliphatic imine (C=N–C) groups is 1. The van der Waals surface area contributed by atoms with Crippen molar-refractivity contribution >= 4 is 29.1 Å². The number of thioether (sulfide) groups is 1. The van der Waals surface area contributed by atoms with E-state index in [0.717, 1.165) is 21.8 Å². The van der Waals surface area contributed by atoms with E-state index in [9.17, 15) is 13.2 Å². The molecule has 0 saturated carbocycles. The van der Waals surface area contributed by atoms with E-state index in [2.05, 4.69) is 16.7 Å². The third-order valence-corrected chi connectivity index (χ3v) is 5.33. The van der Waals surface area contributed by atoms with Crippen molar-refractivity contribution in [1.82, 2.24) is 0 Å². The van der Waals surface area contributed by atoms with Gasteiger partial charge < -0.3 is 0 Å². The van der Waals surface area contributed by atoms with Crippen LogP contribution in [0.4, 0.5) is 13.2 Å². The minimum absolute atomic E-state index is 0.0802. The van der Waals surface area contributed by atoms with Crippen LogP contribution in [0.2, 0.25) is 5.02 Å². The van der Waals surface area contributed by atoms with Gasteiger partial charge in [0.05, 0.1) is 17.0 Å². The van der Waals surface area contributed by atoms with Gasteiger partial charge in [-0.3, -0.25) is 16.7 Å². The van der Waals surface area contributed by atoms with Crippen molar-refractivity contribution in [1.29, 1.82) is 0 Å². The molecular formula is C20H21ClF3N3S. The van der Waals surface area contributed by atoms with E-state index < -0.39 is 11.7 Å². The first kappa shape index (κ1) is 22.5. The maximum Gasteiger partial charge on any atom is 0.414 e. The van der Waals surface area contributed by atoms with Crippen molar-refractivity contribution in [2.45, 2.75) is 30.8 Å². The number of nitrogens with zero attached hydrogens (tertiary/aromatic N) is 1. The van der Waals surface area contributed by atoms with Gasteiger partial charge in [0.2, 0.25) is 0 Å². The fourth-order valence-corrected chi connectivity index (χ4v) is 3.90. The van der Waals surface area contributed by atoms with Gasteiger partial charge in [-0.05, 0) is 35.1 Å². The van der Waals surface area contributed by atoms with Crippen molar-refractivity contribution in [2.24, 2.45) is 16.7 Å². The zero-order valence-corrected chi connectivity index (χ0v) is 16.8. The lowest BCUT2D eigenvalue weighted by Crippen LogP contribution is -2.14. The first-order valence-corrected chi connectivity index (χ1v) is 9.91. The van der Waals surface area contributed by atoms with Gasteiger partial charge >= 0.3 is 6.18 Å². The molecule has 4 N–H and O–H groups in total. The summed E-state index contributed by atoms with van der Waals surface area (Å²) in [5.41, 5.74) is 1.47. The molecule has 150 valence electrons. The number of halogens is 4. The molecule has 3 nitrogen and oxygen atoms in total. The van der Waals surface area contributed by atoms with Gasteiger partial charge in [0, 0.05) is 22.8 Å². The number of hydrogen-bond donors (Lipinski definition) is 2. The third-order valence-electron chi connectivity index (χ3n) is 4.09. The molecule has 0 saturated heterocycles. The van der Waals surface area contributed by atoms with E-state index in [1.807, 2.05) is 19.1 Å². The Bertz CT molecular complexity index is 865.